The fraction of sp³-hybridized carbons (Fsp3) is 0.889. The number of nitrogens with one attached hydrogen (secondary N) is 1. The van der Waals surface area contributed by atoms with Gasteiger partial charge in [-0.3, -0.25) is 10.1 Å². The third kappa shape index (κ3) is 2.61. The minimum atomic E-state index is -0.693. The first-order valence-electron chi connectivity index (χ1n) is 4.66. The van der Waals surface area contributed by atoms with Crippen molar-refractivity contribution < 1.29 is 9.90 Å². The van der Waals surface area contributed by atoms with Crippen molar-refractivity contribution in [1.29, 1.82) is 0 Å². The van der Waals surface area contributed by atoms with Crippen LogP contribution in [-0.2, 0) is 4.79 Å². The Balaban J connectivity index is 2.67. The first-order chi connectivity index (χ1) is 6.07. The average molecular weight is 203 g/mol. The molecule has 1 rings (SSSR count). The average Bonchev–Trinajstić information content (AvgIpc) is 2.04. The maximum absolute atomic E-state index is 11.1. The maximum atomic E-state index is 11.1. The molecule has 0 amide bonds. The monoisotopic (exact) mass is 203 g/mol. The van der Waals surface area contributed by atoms with Crippen molar-refractivity contribution >= 4 is 17.7 Å². The molecule has 0 unspecified atom stereocenters. The van der Waals surface area contributed by atoms with Gasteiger partial charge in [-0.05, 0) is 38.2 Å². The molecule has 13 heavy (non-hydrogen) atoms. The molecule has 0 aromatic rings. The summed E-state index contributed by atoms with van der Waals surface area (Å²) < 4.78 is 0. The van der Waals surface area contributed by atoms with Crippen LogP contribution >= 0.6 is 11.8 Å². The number of carbonyl (C=O) groups is 1. The van der Waals surface area contributed by atoms with Gasteiger partial charge in [-0.25, -0.2) is 0 Å². The number of carboxylic acids is 1. The van der Waals surface area contributed by atoms with E-state index < -0.39 is 11.5 Å². The van der Waals surface area contributed by atoms with Gasteiger partial charge in [0.05, 0.1) is 0 Å². The molecular formula is C9H17NO2S. The standard InChI is InChI=1S/C9H17NO2S/c1-7(2)10-9(8(11)12)3-5-13-6-4-9/h7,10H,3-6H2,1-2H3,(H,11,12). The van der Waals surface area contributed by atoms with E-state index in [1.54, 1.807) is 0 Å². The molecule has 1 saturated heterocycles. The number of thioether (sulfide) groups is 1. The molecule has 3 nitrogen and oxygen atoms in total. The van der Waals surface area contributed by atoms with Crippen LogP contribution in [0.3, 0.4) is 0 Å². The molecule has 0 atom stereocenters. The number of rotatable bonds is 3. The van der Waals surface area contributed by atoms with E-state index in [0.717, 1.165) is 24.3 Å². The van der Waals surface area contributed by atoms with Crippen LogP contribution in [0.4, 0.5) is 0 Å². The Kier molecular flexibility index (Phi) is 3.62. The Hall–Kier alpha value is -0.220. The number of hydrogen-bond donors (Lipinski definition) is 2. The molecule has 76 valence electrons. The largest absolute Gasteiger partial charge is 0.480 e. The van der Waals surface area contributed by atoms with E-state index in [2.05, 4.69) is 5.32 Å². The summed E-state index contributed by atoms with van der Waals surface area (Å²) in [7, 11) is 0. The quantitative estimate of drug-likeness (QED) is 0.726. The van der Waals surface area contributed by atoms with Gasteiger partial charge in [0.1, 0.15) is 5.54 Å². The van der Waals surface area contributed by atoms with Crippen LogP contribution in [0.2, 0.25) is 0 Å². The first kappa shape index (κ1) is 10.9. The molecule has 0 aromatic heterocycles. The van der Waals surface area contributed by atoms with E-state index in [-0.39, 0.29) is 6.04 Å². The van der Waals surface area contributed by atoms with Gasteiger partial charge in [-0.15, -0.1) is 0 Å². The Morgan fingerprint density at radius 2 is 2.00 bits per heavy atom. The third-order valence-electron chi connectivity index (χ3n) is 2.32. The number of carboxylic acid groups (broad SMARTS) is 1. The molecule has 1 aliphatic rings. The molecule has 1 fully saturated rings. The summed E-state index contributed by atoms with van der Waals surface area (Å²) in [5.41, 5.74) is -0.653. The zero-order chi connectivity index (χ0) is 9.90. The van der Waals surface area contributed by atoms with E-state index >= 15 is 0 Å². The molecule has 1 aliphatic heterocycles. The van der Waals surface area contributed by atoms with Crippen LogP contribution in [0.1, 0.15) is 26.7 Å². The van der Waals surface area contributed by atoms with Crippen molar-refractivity contribution in [2.45, 2.75) is 38.3 Å². The van der Waals surface area contributed by atoms with Crippen molar-refractivity contribution in [2.24, 2.45) is 0 Å². The van der Waals surface area contributed by atoms with E-state index in [1.165, 1.54) is 0 Å². The predicted octanol–water partition coefficient (Wildman–Crippen LogP) is 1.33. The van der Waals surface area contributed by atoms with Crippen molar-refractivity contribution in [1.82, 2.24) is 5.32 Å². The molecule has 4 heteroatoms. The van der Waals surface area contributed by atoms with Gasteiger partial charge < -0.3 is 5.11 Å². The van der Waals surface area contributed by atoms with Crippen molar-refractivity contribution in [3.05, 3.63) is 0 Å². The van der Waals surface area contributed by atoms with E-state index in [0.29, 0.717) is 0 Å². The van der Waals surface area contributed by atoms with E-state index in [1.807, 2.05) is 25.6 Å². The van der Waals surface area contributed by atoms with Crippen molar-refractivity contribution in [3.63, 3.8) is 0 Å². The van der Waals surface area contributed by atoms with Gasteiger partial charge >= 0.3 is 5.97 Å². The molecule has 0 aromatic carbocycles. The smallest absolute Gasteiger partial charge is 0.323 e. The summed E-state index contributed by atoms with van der Waals surface area (Å²) in [5.74, 6) is 1.21. The van der Waals surface area contributed by atoms with Crippen LogP contribution in [0.15, 0.2) is 0 Å². The highest BCUT2D eigenvalue weighted by atomic mass is 32.2. The lowest BCUT2D eigenvalue weighted by Gasteiger charge is -2.35. The van der Waals surface area contributed by atoms with Crippen LogP contribution in [0, 0.1) is 0 Å². The topological polar surface area (TPSA) is 49.3 Å². The van der Waals surface area contributed by atoms with E-state index in [4.69, 9.17) is 5.11 Å². The molecule has 0 bridgehead atoms. The summed E-state index contributed by atoms with van der Waals surface area (Å²) in [6, 6.07) is 0.235. The minimum Gasteiger partial charge on any atom is -0.480 e. The fourth-order valence-electron chi connectivity index (χ4n) is 1.69. The number of aliphatic carboxylic acids is 1. The lowest BCUT2D eigenvalue weighted by atomic mass is 9.91. The zero-order valence-electron chi connectivity index (χ0n) is 8.17. The summed E-state index contributed by atoms with van der Waals surface area (Å²) in [6.07, 6.45) is 1.48. The predicted molar refractivity (Wildman–Crippen MR) is 55.2 cm³/mol. The molecule has 1 heterocycles. The highest BCUT2D eigenvalue weighted by Crippen LogP contribution is 2.27. The Bertz CT molecular complexity index is 188. The van der Waals surface area contributed by atoms with Crippen LogP contribution in [0.25, 0.3) is 0 Å². The highest BCUT2D eigenvalue weighted by Gasteiger charge is 2.39. The maximum Gasteiger partial charge on any atom is 0.323 e. The van der Waals surface area contributed by atoms with Crippen molar-refractivity contribution in [3.8, 4) is 0 Å². The highest BCUT2D eigenvalue weighted by molar-refractivity contribution is 7.99. The van der Waals surface area contributed by atoms with Crippen molar-refractivity contribution in [2.75, 3.05) is 11.5 Å². The van der Waals surface area contributed by atoms with Gasteiger partial charge in [0.2, 0.25) is 0 Å². The van der Waals surface area contributed by atoms with Gasteiger partial charge in [0.15, 0.2) is 0 Å². The molecule has 0 saturated carbocycles. The first-order valence-corrected chi connectivity index (χ1v) is 5.81. The second kappa shape index (κ2) is 4.33. The van der Waals surface area contributed by atoms with Crippen LogP contribution in [0.5, 0.6) is 0 Å². The Morgan fingerprint density at radius 3 is 2.38 bits per heavy atom. The van der Waals surface area contributed by atoms with E-state index in [9.17, 15) is 4.79 Å². The summed E-state index contributed by atoms with van der Waals surface area (Å²) in [4.78, 5) is 11.1. The normalized spacial score (nSPS) is 21.8. The molecule has 0 spiro atoms. The second-order valence-corrected chi connectivity index (χ2v) is 5.02. The summed E-state index contributed by atoms with van der Waals surface area (Å²) in [6.45, 7) is 3.98. The molecular weight excluding hydrogens is 186 g/mol. The second-order valence-electron chi connectivity index (χ2n) is 3.80. The molecule has 0 aliphatic carbocycles. The van der Waals surface area contributed by atoms with Gasteiger partial charge in [0.25, 0.3) is 0 Å². The summed E-state index contributed by atoms with van der Waals surface area (Å²) in [5, 5.41) is 12.3. The third-order valence-corrected chi connectivity index (χ3v) is 3.31. The Labute approximate surface area is 83.3 Å². The van der Waals surface area contributed by atoms with Crippen LogP contribution < -0.4 is 5.32 Å². The Morgan fingerprint density at radius 1 is 1.46 bits per heavy atom. The lowest BCUT2D eigenvalue weighted by Crippen LogP contribution is -2.56. The number of hydrogen-bond acceptors (Lipinski definition) is 3. The van der Waals surface area contributed by atoms with Gasteiger partial charge in [0, 0.05) is 6.04 Å². The van der Waals surface area contributed by atoms with Gasteiger partial charge in [-0.1, -0.05) is 0 Å². The lowest BCUT2D eigenvalue weighted by molar-refractivity contribution is -0.145. The zero-order valence-corrected chi connectivity index (χ0v) is 8.99. The fourth-order valence-corrected chi connectivity index (χ4v) is 2.88. The molecule has 0 radical (unpaired) electrons. The minimum absolute atomic E-state index is 0.235. The summed E-state index contributed by atoms with van der Waals surface area (Å²) >= 11 is 1.84. The SMILES string of the molecule is CC(C)NC1(C(=O)O)CCSCC1. The van der Waals surface area contributed by atoms with Crippen LogP contribution in [-0.4, -0.2) is 34.2 Å². The molecule has 2 N–H and O–H groups in total. The van der Waals surface area contributed by atoms with Gasteiger partial charge in [-0.2, -0.15) is 11.8 Å².